The SMILES string of the molecule is CCCC(O)CCCC/C=C/CCCCCCCC(=O)O. The maximum atomic E-state index is 10.3. The number of rotatable bonds is 15. The highest BCUT2D eigenvalue weighted by Crippen LogP contribution is 2.10. The fourth-order valence-electron chi connectivity index (χ4n) is 2.42. The van der Waals surface area contributed by atoms with Crippen LogP contribution in [0.4, 0.5) is 0 Å². The third-order valence-electron chi connectivity index (χ3n) is 3.71. The van der Waals surface area contributed by atoms with Crippen molar-refractivity contribution in [3.63, 3.8) is 0 Å². The van der Waals surface area contributed by atoms with Crippen molar-refractivity contribution < 1.29 is 15.0 Å². The van der Waals surface area contributed by atoms with Crippen LogP contribution in [-0.2, 0) is 4.79 Å². The third-order valence-corrected chi connectivity index (χ3v) is 3.71. The lowest BCUT2D eigenvalue weighted by Gasteiger charge is -2.07. The van der Waals surface area contributed by atoms with Gasteiger partial charge in [0.2, 0.25) is 0 Å². The first-order valence-electron chi connectivity index (χ1n) is 8.71. The van der Waals surface area contributed by atoms with Gasteiger partial charge in [-0.25, -0.2) is 0 Å². The molecule has 0 rings (SSSR count). The summed E-state index contributed by atoms with van der Waals surface area (Å²) < 4.78 is 0. The van der Waals surface area contributed by atoms with Crippen LogP contribution in [0, 0.1) is 0 Å². The maximum absolute atomic E-state index is 10.3. The van der Waals surface area contributed by atoms with Gasteiger partial charge in [0, 0.05) is 6.42 Å². The molecule has 0 aliphatic carbocycles. The van der Waals surface area contributed by atoms with Crippen LogP contribution in [0.5, 0.6) is 0 Å². The van der Waals surface area contributed by atoms with Crippen molar-refractivity contribution in [2.24, 2.45) is 0 Å². The minimum Gasteiger partial charge on any atom is -0.481 e. The lowest BCUT2D eigenvalue weighted by atomic mass is 10.1. The molecule has 124 valence electrons. The Morgan fingerprint density at radius 1 is 0.905 bits per heavy atom. The number of aliphatic hydroxyl groups is 1. The van der Waals surface area contributed by atoms with Gasteiger partial charge in [0.25, 0.3) is 0 Å². The standard InChI is InChI=1S/C18H34O3/c1-2-14-17(19)15-12-10-8-6-4-3-5-7-9-11-13-16-18(20)21/h4,6,17,19H,2-3,5,7-16H2,1H3,(H,20,21)/b6-4+. The van der Waals surface area contributed by atoms with E-state index >= 15 is 0 Å². The van der Waals surface area contributed by atoms with Gasteiger partial charge in [-0.05, 0) is 44.9 Å². The molecular weight excluding hydrogens is 264 g/mol. The molecule has 0 saturated heterocycles. The third kappa shape index (κ3) is 17.1. The van der Waals surface area contributed by atoms with E-state index in [1.165, 1.54) is 19.3 Å². The van der Waals surface area contributed by atoms with E-state index in [1.54, 1.807) is 0 Å². The Morgan fingerprint density at radius 2 is 1.48 bits per heavy atom. The highest BCUT2D eigenvalue weighted by molar-refractivity contribution is 5.66. The Morgan fingerprint density at radius 3 is 2.10 bits per heavy atom. The van der Waals surface area contributed by atoms with Crippen LogP contribution in [0.15, 0.2) is 12.2 Å². The van der Waals surface area contributed by atoms with E-state index in [0.717, 1.165) is 57.8 Å². The van der Waals surface area contributed by atoms with Crippen LogP contribution in [0.1, 0.15) is 90.4 Å². The van der Waals surface area contributed by atoms with Gasteiger partial charge in [-0.1, -0.05) is 51.2 Å². The number of aliphatic carboxylic acids is 1. The lowest BCUT2D eigenvalue weighted by Crippen LogP contribution is -2.04. The molecule has 0 heterocycles. The average molecular weight is 298 g/mol. The molecule has 0 spiro atoms. The highest BCUT2D eigenvalue weighted by atomic mass is 16.4. The first-order valence-corrected chi connectivity index (χ1v) is 8.71. The quantitative estimate of drug-likeness (QED) is 0.327. The van der Waals surface area contributed by atoms with Crippen molar-refractivity contribution in [1.82, 2.24) is 0 Å². The number of carboxylic acids is 1. The second-order valence-corrected chi connectivity index (χ2v) is 5.90. The van der Waals surface area contributed by atoms with Crippen LogP contribution >= 0.6 is 0 Å². The summed E-state index contributed by atoms with van der Waals surface area (Å²) in [5, 5.41) is 18.1. The first kappa shape index (κ1) is 20.2. The number of aliphatic hydroxyl groups excluding tert-OH is 1. The Labute approximate surface area is 130 Å². The maximum Gasteiger partial charge on any atom is 0.303 e. The summed E-state index contributed by atoms with van der Waals surface area (Å²) in [6, 6.07) is 0. The largest absolute Gasteiger partial charge is 0.481 e. The van der Waals surface area contributed by atoms with E-state index < -0.39 is 5.97 Å². The van der Waals surface area contributed by atoms with Gasteiger partial charge in [0.1, 0.15) is 0 Å². The van der Waals surface area contributed by atoms with Gasteiger partial charge in [-0.3, -0.25) is 4.79 Å². The number of hydrogen-bond acceptors (Lipinski definition) is 2. The Kier molecular flexibility index (Phi) is 14.9. The summed E-state index contributed by atoms with van der Waals surface area (Å²) in [6.45, 7) is 2.11. The zero-order valence-corrected chi connectivity index (χ0v) is 13.7. The minimum atomic E-state index is -0.680. The van der Waals surface area contributed by atoms with Gasteiger partial charge in [-0.15, -0.1) is 0 Å². The van der Waals surface area contributed by atoms with E-state index in [4.69, 9.17) is 5.11 Å². The van der Waals surface area contributed by atoms with Gasteiger partial charge in [-0.2, -0.15) is 0 Å². The van der Waals surface area contributed by atoms with E-state index in [9.17, 15) is 9.90 Å². The molecule has 0 aromatic rings. The van der Waals surface area contributed by atoms with Crippen molar-refractivity contribution >= 4 is 5.97 Å². The van der Waals surface area contributed by atoms with E-state index in [0.29, 0.717) is 6.42 Å². The second kappa shape index (κ2) is 15.6. The molecule has 0 aliphatic heterocycles. The zero-order valence-electron chi connectivity index (χ0n) is 13.7. The fourth-order valence-corrected chi connectivity index (χ4v) is 2.42. The Bertz CT molecular complexity index is 261. The van der Waals surface area contributed by atoms with Gasteiger partial charge in [0.15, 0.2) is 0 Å². The normalized spacial score (nSPS) is 12.9. The predicted octanol–water partition coefficient (Wildman–Crippen LogP) is 5.08. The molecule has 1 atom stereocenters. The molecule has 2 N–H and O–H groups in total. The molecule has 0 amide bonds. The summed E-state index contributed by atoms with van der Waals surface area (Å²) in [7, 11) is 0. The molecule has 3 heteroatoms. The minimum absolute atomic E-state index is 0.0971. The zero-order chi connectivity index (χ0) is 15.8. The summed E-state index contributed by atoms with van der Waals surface area (Å²) in [4.78, 5) is 10.3. The highest BCUT2D eigenvalue weighted by Gasteiger charge is 2.00. The van der Waals surface area contributed by atoms with E-state index in [1.807, 2.05) is 0 Å². The molecule has 0 saturated carbocycles. The number of unbranched alkanes of at least 4 members (excludes halogenated alkanes) is 7. The van der Waals surface area contributed by atoms with E-state index in [2.05, 4.69) is 19.1 Å². The first-order chi connectivity index (χ1) is 10.2. The number of hydrogen-bond donors (Lipinski definition) is 2. The summed E-state index contributed by atoms with van der Waals surface area (Å²) in [5.41, 5.74) is 0. The summed E-state index contributed by atoms with van der Waals surface area (Å²) >= 11 is 0. The molecule has 0 aliphatic rings. The van der Waals surface area contributed by atoms with Crippen LogP contribution in [0.2, 0.25) is 0 Å². The molecule has 3 nitrogen and oxygen atoms in total. The molecule has 0 aromatic carbocycles. The molecule has 0 radical (unpaired) electrons. The van der Waals surface area contributed by atoms with Gasteiger partial charge < -0.3 is 10.2 Å². The number of allylic oxidation sites excluding steroid dienone is 2. The molecule has 1 unspecified atom stereocenters. The molecule has 0 fully saturated rings. The smallest absolute Gasteiger partial charge is 0.303 e. The van der Waals surface area contributed by atoms with Gasteiger partial charge in [0.05, 0.1) is 6.10 Å². The average Bonchev–Trinajstić information content (AvgIpc) is 2.44. The molecular formula is C18H34O3. The summed E-state index contributed by atoms with van der Waals surface area (Å²) in [5.74, 6) is -0.680. The Balaban J connectivity index is 3.17. The van der Waals surface area contributed by atoms with E-state index in [-0.39, 0.29) is 6.10 Å². The van der Waals surface area contributed by atoms with Crippen molar-refractivity contribution in [2.75, 3.05) is 0 Å². The Hall–Kier alpha value is -0.830. The van der Waals surface area contributed by atoms with Crippen molar-refractivity contribution in [2.45, 2.75) is 96.5 Å². The predicted molar refractivity (Wildman–Crippen MR) is 88.5 cm³/mol. The van der Waals surface area contributed by atoms with Gasteiger partial charge >= 0.3 is 5.97 Å². The summed E-state index contributed by atoms with van der Waals surface area (Å²) in [6.07, 6.45) is 17.6. The van der Waals surface area contributed by atoms with Crippen LogP contribution in [0.25, 0.3) is 0 Å². The van der Waals surface area contributed by atoms with Crippen LogP contribution < -0.4 is 0 Å². The molecule has 21 heavy (non-hydrogen) atoms. The van der Waals surface area contributed by atoms with Crippen LogP contribution in [0.3, 0.4) is 0 Å². The van der Waals surface area contributed by atoms with Crippen LogP contribution in [-0.4, -0.2) is 22.3 Å². The fraction of sp³-hybridized carbons (Fsp3) is 0.833. The van der Waals surface area contributed by atoms with Crippen molar-refractivity contribution in [3.8, 4) is 0 Å². The lowest BCUT2D eigenvalue weighted by molar-refractivity contribution is -0.137. The monoisotopic (exact) mass is 298 g/mol. The second-order valence-electron chi connectivity index (χ2n) is 5.90. The number of carbonyl (C=O) groups is 1. The number of carboxylic acid groups (broad SMARTS) is 1. The van der Waals surface area contributed by atoms with Crippen molar-refractivity contribution in [3.05, 3.63) is 12.2 Å². The van der Waals surface area contributed by atoms with Crippen molar-refractivity contribution in [1.29, 1.82) is 0 Å². The molecule has 0 aromatic heterocycles. The molecule has 0 bridgehead atoms. The topological polar surface area (TPSA) is 57.5 Å².